The van der Waals surface area contributed by atoms with E-state index in [0.29, 0.717) is 0 Å². The van der Waals surface area contributed by atoms with Crippen LogP contribution in [0.2, 0.25) is 0 Å². The third-order valence-electron chi connectivity index (χ3n) is 2.16. The Morgan fingerprint density at radius 2 is 2.22 bits per heavy atom. The third kappa shape index (κ3) is 3.27. The predicted octanol–water partition coefficient (Wildman–Crippen LogP) is 1.55. The lowest BCUT2D eigenvalue weighted by molar-refractivity contribution is -0.386. The van der Waals surface area contributed by atoms with Gasteiger partial charge < -0.3 is 9.67 Å². The SMILES string of the molecule is C/C(=C/Cn1cc(Br)c(=O)c([N+](=O)[O-])c1)C(=O)O. The first-order valence-corrected chi connectivity index (χ1v) is 5.56. The van der Waals surface area contributed by atoms with E-state index in [1.165, 1.54) is 23.8 Å². The lowest BCUT2D eigenvalue weighted by Gasteiger charge is -2.04. The maximum atomic E-state index is 11.4. The summed E-state index contributed by atoms with van der Waals surface area (Å²) >= 11 is 2.93. The molecule has 0 amide bonds. The summed E-state index contributed by atoms with van der Waals surface area (Å²) in [6.45, 7) is 1.53. The zero-order valence-electron chi connectivity index (χ0n) is 9.29. The second-order valence-corrected chi connectivity index (χ2v) is 4.32. The second-order valence-electron chi connectivity index (χ2n) is 3.47. The number of halogens is 1. The molecule has 0 atom stereocenters. The first-order valence-electron chi connectivity index (χ1n) is 4.77. The Hall–Kier alpha value is -1.96. The van der Waals surface area contributed by atoms with E-state index in [2.05, 4.69) is 15.9 Å². The van der Waals surface area contributed by atoms with Crippen LogP contribution < -0.4 is 5.43 Å². The molecule has 0 fully saturated rings. The van der Waals surface area contributed by atoms with Crippen LogP contribution in [0.4, 0.5) is 5.69 Å². The molecule has 0 spiro atoms. The Kier molecular flexibility index (Phi) is 4.38. The summed E-state index contributed by atoms with van der Waals surface area (Å²) in [7, 11) is 0. The monoisotopic (exact) mass is 316 g/mol. The molecule has 0 aromatic carbocycles. The maximum absolute atomic E-state index is 11.4. The number of aliphatic carboxylic acids is 1. The smallest absolute Gasteiger partial charge is 0.333 e. The Morgan fingerprint density at radius 3 is 2.72 bits per heavy atom. The van der Waals surface area contributed by atoms with Gasteiger partial charge in [0.05, 0.1) is 15.6 Å². The summed E-state index contributed by atoms with van der Waals surface area (Å²) in [5.41, 5.74) is -1.16. The fourth-order valence-electron chi connectivity index (χ4n) is 1.14. The number of nitrogens with zero attached hydrogens (tertiary/aromatic N) is 2. The van der Waals surface area contributed by atoms with Crippen LogP contribution in [-0.2, 0) is 11.3 Å². The summed E-state index contributed by atoms with van der Waals surface area (Å²) in [5, 5.41) is 19.3. The first kappa shape index (κ1) is 14.1. The zero-order valence-corrected chi connectivity index (χ0v) is 10.9. The van der Waals surface area contributed by atoms with Crippen LogP contribution in [0.25, 0.3) is 0 Å². The van der Waals surface area contributed by atoms with Crippen molar-refractivity contribution in [2.24, 2.45) is 0 Å². The van der Waals surface area contributed by atoms with Gasteiger partial charge in [-0.3, -0.25) is 14.9 Å². The number of nitro groups is 1. The molecule has 0 bridgehead atoms. The Balaban J connectivity index is 3.13. The number of carbonyl (C=O) groups is 1. The summed E-state index contributed by atoms with van der Waals surface area (Å²) in [4.78, 5) is 31.8. The lowest BCUT2D eigenvalue weighted by Crippen LogP contribution is -2.13. The predicted molar refractivity (Wildman–Crippen MR) is 66.4 cm³/mol. The summed E-state index contributed by atoms with van der Waals surface area (Å²) in [5.74, 6) is -1.07. The topological polar surface area (TPSA) is 102 Å². The molecule has 1 N–H and O–H groups in total. The zero-order chi connectivity index (χ0) is 13.9. The van der Waals surface area contributed by atoms with E-state index < -0.39 is 22.0 Å². The maximum Gasteiger partial charge on any atom is 0.333 e. The molecule has 1 heterocycles. The highest BCUT2D eigenvalue weighted by Crippen LogP contribution is 2.11. The molecule has 0 aliphatic carbocycles. The molecule has 0 saturated carbocycles. The van der Waals surface area contributed by atoms with E-state index in [-0.39, 0.29) is 16.6 Å². The standard InChI is InChI=1S/C10H9BrN2O5/c1-6(10(15)16)2-3-12-4-7(11)9(14)8(5-12)13(17)18/h2,4-5H,3H2,1H3,(H,15,16)/b6-2-. The van der Waals surface area contributed by atoms with Crippen LogP contribution in [-0.4, -0.2) is 20.6 Å². The molecule has 96 valence electrons. The van der Waals surface area contributed by atoms with Gasteiger partial charge in [-0.05, 0) is 22.9 Å². The molecule has 8 heteroatoms. The van der Waals surface area contributed by atoms with Crippen molar-refractivity contribution in [1.29, 1.82) is 0 Å². The lowest BCUT2D eigenvalue weighted by atomic mass is 10.3. The van der Waals surface area contributed by atoms with Gasteiger partial charge in [0.25, 0.3) is 5.43 Å². The van der Waals surface area contributed by atoms with Gasteiger partial charge in [0.15, 0.2) is 0 Å². The van der Waals surface area contributed by atoms with E-state index in [9.17, 15) is 19.7 Å². The Morgan fingerprint density at radius 1 is 1.61 bits per heavy atom. The summed E-state index contributed by atoms with van der Waals surface area (Å²) in [6.07, 6.45) is 3.82. The molecule has 1 aromatic heterocycles. The van der Waals surface area contributed by atoms with E-state index in [1.807, 2.05) is 0 Å². The minimum Gasteiger partial charge on any atom is -0.478 e. The molecule has 7 nitrogen and oxygen atoms in total. The second kappa shape index (κ2) is 5.58. The van der Waals surface area contributed by atoms with Crippen molar-refractivity contribution in [3.05, 3.63) is 48.9 Å². The molecule has 1 rings (SSSR count). The van der Waals surface area contributed by atoms with Crippen LogP contribution in [0.5, 0.6) is 0 Å². The van der Waals surface area contributed by atoms with Crippen molar-refractivity contribution in [2.45, 2.75) is 13.5 Å². The fraction of sp³-hybridized carbons (Fsp3) is 0.200. The molecule has 0 aliphatic heterocycles. The largest absolute Gasteiger partial charge is 0.478 e. The van der Waals surface area contributed by atoms with Gasteiger partial charge in [-0.25, -0.2) is 4.79 Å². The van der Waals surface area contributed by atoms with Gasteiger partial charge in [0.1, 0.15) is 0 Å². The van der Waals surface area contributed by atoms with Crippen molar-refractivity contribution in [2.75, 3.05) is 0 Å². The van der Waals surface area contributed by atoms with E-state index in [0.717, 1.165) is 6.20 Å². The number of pyridine rings is 1. The fourth-order valence-corrected chi connectivity index (χ4v) is 1.61. The van der Waals surface area contributed by atoms with E-state index >= 15 is 0 Å². The van der Waals surface area contributed by atoms with E-state index in [4.69, 9.17) is 5.11 Å². The van der Waals surface area contributed by atoms with Gasteiger partial charge in [0, 0.05) is 18.3 Å². The molecule has 0 aliphatic rings. The Bertz CT molecular complexity index is 590. The number of rotatable bonds is 4. The van der Waals surface area contributed by atoms with Crippen LogP contribution >= 0.6 is 15.9 Å². The van der Waals surface area contributed by atoms with E-state index in [1.54, 1.807) is 0 Å². The van der Waals surface area contributed by atoms with Gasteiger partial charge in [-0.2, -0.15) is 0 Å². The number of aromatic nitrogens is 1. The highest BCUT2D eigenvalue weighted by molar-refractivity contribution is 9.10. The number of allylic oxidation sites excluding steroid dienone is 1. The van der Waals surface area contributed by atoms with Crippen molar-refractivity contribution in [3.8, 4) is 0 Å². The quantitative estimate of drug-likeness (QED) is 0.515. The van der Waals surface area contributed by atoms with Gasteiger partial charge in [-0.15, -0.1) is 0 Å². The van der Waals surface area contributed by atoms with Crippen molar-refractivity contribution in [1.82, 2.24) is 4.57 Å². The molecular formula is C10H9BrN2O5. The number of carboxylic acids is 1. The molecule has 0 radical (unpaired) electrons. The normalized spacial score (nSPS) is 11.3. The number of hydrogen-bond donors (Lipinski definition) is 1. The average Bonchev–Trinajstić information content (AvgIpc) is 2.29. The van der Waals surface area contributed by atoms with Crippen molar-refractivity contribution >= 4 is 27.6 Å². The van der Waals surface area contributed by atoms with Crippen molar-refractivity contribution < 1.29 is 14.8 Å². The minimum atomic E-state index is -1.07. The molecule has 18 heavy (non-hydrogen) atoms. The van der Waals surface area contributed by atoms with Gasteiger partial charge in [0.2, 0.25) is 0 Å². The molecular weight excluding hydrogens is 308 g/mol. The molecule has 1 aromatic rings. The third-order valence-corrected chi connectivity index (χ3v) is 2.72. The van der Waals surface area contributed by atoms with Crippen LogP contribution in [0, 0.1) is 10.1 Å². The van der Waals surface area contributed by atoms with Gasteiger partial charge in [-0.1, -0.05) is 6.08 Å². The van der Waals surface area contributed by atoms with Crippen LogP contribution in [0.15, 0.2) is 33.3 Å². The molecule has 0 unspecified atom stereocenters. The average molecular weight is 317 g/mol. The minimum absolute atomic E-state index is 0.0538. The Labute approximate surface area is 110 Å². The number of carboxylic acid groups (broad SMARTS) is 1. The first-order chi connectivity index (χ1) is 8.32. The highest BCUT2D eigenvalue weighted by atomic mass is 79.9. The van der Waals surface area contributed by atoms with Gasteiger partial charge >= 0.3 is 11.7 Å². The highest BCUT2D eigenvalue weighted by Gasteiger charge is 2.15. The number of hydrogen-bond acceptors (Lipinski definition) is 4. The van der Waals surface area contributed by atoms with Crippen LogP contribution in [0.1, 0.15) is 6.92 Å². The summed E-state index contributed by atoms with van der Waals surface area (Å²) < 4.78 is 1.41. The molecule has 0 saturated heterocycles. The van der Waals surface area contributed by atoms with Crippen LogP contribution in [0.3, 0.4) is 0 Å². The summed E-state index contributed by atoms with van der Waals surface area (Å²) in [6, 6.07) is 0. The van der Waals surface area contributed by atoms with Crippen molar-refractivity contribution in [3.63, 3.8) is 0 Å².